The zero-order chi connectivity index (χ0) is 13.4. The molecule has 0 aliphatic rings. The highest BCUT2D eigenvalue weighted by Gasteiger charge is 2.17. The van der Waals surface area contributed by atoms with Crippen molar-refractivity contribution in [1.29, 1.82) is 0 Å². The fraction of sp³-hybridized carbons (Fsp3) is 0.0714. The number of benzene rings is 1. The Morgan fingerprint density at radius 1 is 1.16 bits per heavy atom. The van der Waals surface area contributed by atoms with Gasteiger partial charge in [-0.15, -0.1) is 11.3 Å². The second kappa shape index (κ2) is 5.32. The van der Waals surface area contributed by atoms with Gasteiger partial charge >= 0.3 is 0 Å². The minimum Gasteiger partial charge on any atom is -0.320 e. The normalized spacial score (nSPS) is 12.8. The second-order valence-electron chi connectivity index (χ2n) is 4.20. The fourth-order valence-corrected chi connectivity index (χ4v) is 5.07. The highest BCUT2D eigenvalue weighted by Crippen LogP contribution is 2.38. The lowest BCUT2D eigenvalue weighted by atomic mass is 9.97. The SMILES string of the molecule is NC(c1cc(Br)sc1Br)c1cccc2ccncc12. The van der Waals surface area contributed by atoms with Crippen molar-refractivity contribution in [3.63, 3.8) is 0 Å². The Morgan fingerprint density at radius 2 is 2.00 bits per heavy atom. The van der Waals surface area contributed by atoms with Crippen LogP contribution < -0.4 is 5.73 Å². The van der Waals surface area contributed by atoms with E-state index in [4.69, 9.17) is 5.73 Å². The molecule has 0 fully saturated rings. The summed E-state index contributed by atoms with van der Waals surface area (Å²) in [6, 6.07) is 10.1. The Labute approximate surface area is 131 Å². The Hall–Kier alpha value is -0.750. The average Bonchev–Trinajstić information content (AvgIpc) is 2.76. The van der Waals surface area contributed by atoms with Gasteiger partial charge in [-0.25, -0.2) is 0 Å². The maximum atomic E-state index is 6.42. The molecule has 0 aliphatic carbocycles. The first-order valence-corrected chi connectivity index (χ1v) is 8.10. The van der Waals surface area contributed by atoms with Crippen molar-refractivity contribution in [3.8, 4) is 0 Å². The van der Waals surface area contributed by atoms with Crippen molar-refractivity contribution in [1.82, 2.24) is 4.98 Å². The van der Waals surface area contributed by atoms with E-state index in [-0.39, 0.29) is 6.04 Å². The molecule has 2 aromatic heterocycles. The van der Waals surface area contributed by atoms with Gasteiger partial charge in [-0.3, -0.25) is 4.98 Å². The van der Waals surface area contributed by atoms with Crippen LogP contribution in [0.2, 0.25) is 0 Å². The first-order chi connectivity index (χ1) is 9.16. The molecule has 19 heavy (non-hydrogen) atoms. The van der Waals surface area contributed by atoms with Crippen LogP contribution in [-0.4, -0.2) is 4.98 Å². The summed E-state index contributed by atoms with van der Waals surface area (Å²) < 4.78 is 2.14. The molecule has 0 saturated carbocycles. The number of nitrogens with zero attached hydrogens (tertiary/aromatic N) is 1. The zero-order valence-electron chi connectivity index (χ0n) is 9.81. The molecule has 2 nitrogen and oxygen atoms in total. The summed E-state index contributed by atoms with van der Waals surface area (Å²) >= 11 is 8.70. The average molecular weight is 398 g/mol. The van der Waals surface area contributed by atoms with Gasteiger partial charge in [0.1, 0.15) is 0 Å². The van der Waals surface area contributed by atoms with Crippen LogP contribution in [0.3, 0.4) is 0 Å². The van der Waals surface area contributed by atoms with E-state index in [0.717, 1.165) is 29.5 Å². The number of halogens is 2. The van der Waals surface area contributed by atoms with E-state index in [2.05, 4.69) is 55.0 Å². The third-order valence-electron chi connectivity index (χ3n) is 3.07. The molecule has 2 heterocycles. The minimum atomic E-state index is -0.162. The zero-order valence-corrected chi connectivity index (χ0v) is 13.8. The highest BCUT2D eigenvalue weighted by molar-refractivity contribution is 9.12. The summed E-state index contributed by atoms with van der Waals surface area (Å²) in [5.41, 5.74) is 8.61. The van der Waals surface area contributed by atoms with Gasteiger partial charge in [0.15, 0.2) is 0 Å². The van der Waals surface area contributed by atoms with Crippen molar-refractivity contribution in [2.75, 3.05) is 0 Å². The lowest BCUT2D eigenvalue weighted by molar-refractivity contribution is 0.881. The fourth-order valence-electron chi connectivity index (χ4n) is 2.14. The summed E-state index contributed by atoms with van der Waals surface area (Å²) in [7, 11) is 0. The molecule has 0 amide bonds. The topological polar surface area (TPSA) is 38.9 Å². The van der Waals surface area contributed by atoms with E-state index in [1.807, 2.05) is 18.3 Å². The molecule has 0 bridgehead atoms. The highest BCUT2D eigenvalue weighted by atomic mass is 79.9. The molecule has 1 aromatic carbocycles. The number of fused-ring (bicyclic) bond motifs is 1. The van der Waals surface area contributed by atoms with Crippen LogP contribution in [0.4, 0.5) is 0 Å². The Morgan fingerprint density at radius 3 is 2.74 bits per heavy atom. The Bertz CT molecular complexity index is 734. The van der Waals surface area contributed by atoms with Crippen molar-refractivity contribution in [3.05, 3.63) is 61.4 Å². The number of rotatable bonds is 2. The number of hydrogen-bond donors (Lipinski definition) is 1. The van der Waals surface area contributed by atoms with Crippen LogP contribution >= 0.6 is 43.2 Å². The number of nitrogens with two attached hydrogens (primary N) is 1. The lowest BCUT2D eigenvalue weighted by Crippen LogP contribution is -2.12. The number of aromatic nitrogens is 1. The van der Waals surface area contributed by atoms with E-state index >= 15 is 0 Å². The minimum absolute atomic E-state index is 0.162. The van der Waals surface area contributed by atoms with Gasteiger partial charge in [-0.1, -0.05) is 18.2 Å². The Balaban J connectivity index is 2.16. The molecule has 96 valence electrons. The molecule has 2 N–H and O–H groups in total. The predicted molar refractivity (Wildman–Crippen MR) is 87.5 cm³/mol. The summed E-state index contributed by atoms with van der Waals surface area (Å²) in [6.07, 6.45) is 3.68. The predicted octanol–water partition coefficient (Wildman–Crippen LogP) is 4.87. The van der Waals surface area contributed by atoms with Gasteiger partial charge in [-0.05, 0) is 60.5 Å². The van der Waals surface area contributed by atoms with Crippen LogP contribution in [0.15, 0.2) is 50.3 Å². The molecular weight excluding hydrogens is 388 g/mol. The van der Waals surface area contributed by atoms with Crippen LogP contribution in [0.1, 0.15) is 17.2 Å². The number of pyridine rings is 1. The van der Waals surface area contributed by atoms with Crippen molar-refractivity contribution >= 4 is 54.0 Å². The molecule has 5 heteroatoms. The molecule has 0 radical (unpaired) electrons. The first kappa shape index (κ1) is 13.2. The molecule has 0 aliphatic heterocycles. The molecule has 3 aromatic rings. The van der Waals surface area contributed by atoms with Gasteiger partial charge in [-0.2, -0.15) is 0 Å². The molecule has 0 saturated heterocycles. The first-order valence-electron chi connectivity index (χ1n) is 5.70. The van der Waals surface area contributed by atoms with Gasteiger partial charge < -0.3 is 5.73 Å². The molecule has 1 unspecified atom stereocenters. The number of hydrogen-bond acceptors (Lipinski definition) is 3. The summed E-state index contributed by atoms with van der Waals surface area (Å²) in [5.74, 6) is 0. The van der Waals surface area contributed by atoms with E-state index in [9.17, 15) is 0 Å². The van der Waals surface area contributed by atoms with Gasteiger partial charge in [0.05, 0.1) is 13.6 Å². The molecule has 3 rings (SSSR count). The maximum Gasteiger partial charge on any atom is 0.0761 e. The summed E-state index contributed by atoms with van der Waals surface area (Å²) in [5, 5.41) is 2.26. The van der Waals surface area contributed by atoms with Crippen molar-refractivity contribution in [2.24, 2.45) is 5.73 Å². The van der Waals surface area contributed by atoms with Crippen LogP contribution in [0, 0.1) is 0 Å². The van der Waals surface area contributed by atoms with Gasteiger partial charge in [0.25, 0.3) is 0 Å². The monoisotopic (exact) mass is 396 g/mol. The maximum absolute atomic E-state index is 6.42. The van der Waals surface area contributed by atoms with Crippen LogP contribution in [0.25, 0.3) is 10.8 Å². The van der Waals surface area contributed by atoms with E-state index in [0.29, 0.717) is 0 Å². The largest absolute Gasteiger partial charge is 0.320 e. The van der Waals surface area contributed by atoms with Crippen LogP contribution in [-0.2, 0) is 0 Å². The molecule has 1 atom stereocenters. The standard InChI is InChI=1S/C14H10Br2N2S/c15-12-6-10(14(16)19-12)13(17)9-3-1-2-8-4-5-18-7-11(8)9/h1-7,13H,17H2. The molecular formula is C14H10Br2N2S. The third kappa shape index (κ3) is 2.48. The van der Waals surface area contributed by atoms with Crippen molar-refractivity contribution in [2.45, 2.75) is 6.04 Å². The summed E-state index contributed by atoms with van der Waals surface area (Å²) in [4.78, 5) is 4.20. The van der Waals surface area contributed by atoms with E-state index < -0.39 is 0 Å². The quantitative estimate of drug-likeness (QED) is 0.669. The molecule has 0 spiro atoms. The van der Waals surface area contributed by atoms with E-state index in [1.165, 1.54) is 0 Å². The lowest BCUT2D eigenvalue weighted by Gasteiger charge is -2.14. The Kier molecular flexibility index (Phi) is 3.71. The number of thiophene rings is 1. The summed E-state index contributed by atoms with van der Waals surface area (Å²) in [6.45, 7) is 0. The van der Waals surface area contributed by atoms with E-state index in [1.54, 1.807) is 17.5 Å². The second-order valence-corrected chi connectivity index (χ2v) is 7.95. The van der Waals surface area contributed by atoms with Gasteiger partial charge in [0, 0.05) is 17.8 Å². The van der Waals surface area contributed by atoms with Crippen molar-refractivity contribution < 1.29 is 0 Å². The van der Waals surface area contributed by atoms with Crippen LogP contribution in [0.5, 0.6) is 0 Å². The third-order valence-corrected chi connectivity index (χ3v) is 5.46. The smallest absolute Gasteiger partial charge is 0.0761 e. The van der Waals surface area contributed by atoms with Gasteiger partial charge in [0.2, 0.25) is 0 Å².